The van der Waals surface area contributed by atoms with E-state index in [0.717, 1.165) is 11.8 Å². The fourth-order valence-corrected chi connectivity index (χ4v) is 2.34. The molecule has 1 heterocycles. The van der Waals surface area contributed by atoms with Crippen molar-refractivity contribution < 1.29 is 0 Å². The first kappa shape index (κ1) is 12.3. The Bertz CT molecular complexity index is 705. The number of hydrogen-bond donors (Lipinski definition) is 3. The molecule has 7 heteroatoms. The Morgan fingerprint density at radius 1 is 1.22 bits per heavy atom. The second-order valence-corrected chi connectivity index (χ2v) is 4.72. The van der Waals surface area contributed by atoms with Crippen molar-refractivity contribution in [2.45, 2.75) is 9.79 Å². The van der Waals surface area contributed by atoms with Crippen molar-refractivity contribution in [3.63, 3.8) is 0 Å². The number of rotatable bonds is 2. The van der Waals surface area contributed by atoms with E-state index in [4.69, 9.17) is 11.5 Å². The molecule has 0 unspecified atom stereocenters. The summed E-state index contributed by atoms with van der Waals surface area (Å²) in [5.41, 5.74) is 11.1. The number of anilines is 2. The van der Waals surface area contributed by atoms with Crippen molar-refractivity contribution in [2.24, 2.45) is 7.05 Å². The van der Waals surface area contributed by atoms with Crippen LogP contribution in [0.1, 0.15) is 0 Å². The maximum atomic E-state index is 11.7. The number of nitrogens with zero attached hydrogens (tertiary/aromatic N) is 1. The fraction of sp³-hybridized carbons (Fsp3) is 0.0909. The number of nitrogens with two attached hydrogens (primary N) is 2. The topological polar surface area (TPSA) is 107 Å². The number of H-pyrrole nitrogens is 1. The molecule has 6 nitrogen and oxygen atoms in total. The lowest BCUT2D eigenvalue weighted by molar-refractivity contribution is 0.788. The average molecular weight is 264 g/mol. The molecule has 0 saturated carbocycles. The normalized spacial score (nSPS) is 10.5. The quantitative estimate of drug-likeness (QED) is 0.680. The Morgan fingerprint density at radius 3 is 2.56 bits per heavy atom. The summed E-state index contributed by atoms with van der Waals surface area (Å²) in [6, 6.07) is 7.12. The summed E-state index contributed by atoms with van der Waals surface area (Å²) in [7, 11) is 1.49. The number of aromatic amines is 1. The smallest absolute Gasteiger partial charge is 0.329 e. The van der Waals surface area contributed by atoms with Crippen LogP contribution >= 0.6 is 11.8 Å². The van der Waals surface area contributed by atoms with Gasteiger partial charge in [0, 0.05) is 17.6 Å². The number of nitrogens with one attached hydrogen (secondary N) is 1. The molecule has 0 aliphatic rings. The molecule has 2 aromatic rings. The highest BCUT2D eigenvalue weighted by molar-refractivity contribution is 7.99. The van der Waals surface area contributed by atoms with Crippen LogP contribution in [-0.2, 0) is 7.05 Å². The van der Waals surface area contributed by atoms with Crippen LogP contribution in [0.4, 0.5) is 11.5 Å². The predicted octanol–water partition coefficient (Wildman–Crippen LogP) is 0.389. The molecule has 0 bridgehead atoms. The van der Waals surface area contributed by atoms with Crippen LogP contribution in [-0.4, -0.2) is 9.55 Å². The molecular weight excluding hydrogens is 252 g/mol. The van der Waals surface area contributed by atoms with E-state index in [1.165, 1.54) is 11.6 Å². The van der Waals surface area contributed by atoms with Gasteiger partial charge in [-0.25, -0.2) is 4.79 Å². The van der Waals surface area contributed by atoms with Crippen LogP contribution < -0.4 is 22.7 Å². The van der Waals surface area contributed by atoms with E-state index in [2.05, 4.69) is 4.98 Å². The van der Waals surface area contributed by atoms with E-state index in [1.54, 1.807) is 18.2 Å². The summed E-state index contributed by atoms with van der Waals surface area (Å²) in [6.07, 6.45) is 0. The molecule has 1 aromatic carbocycles. The van der Waals surface area contributed by atoms with E-state index in [9.17, 15) is 9.59 Å². The highest BCUT2D eigenvalue weighted by atomic mass is 32.2. The molecule has 5 N–H and O–H groups in total. The largest absolute Gasteiger partial charge is 0.398 e. The van der Waals surface area contributed by atoms with Gasteiger partial charge in [-0.1, -0.05) is 23.9 Å². The maximum absolute atomic E-state index is 11.7. The molecule has 0 fully saturated rings. The third kappa shape index (κ3) is 2.12. The van der Waals surface area contributed by atoms with Crippen LogP contribution in [0.3, 0.4) is 0 Å². The summed E-state index contributed by atoms with van der Waals surface area (Å²) in [5, 5.41) is 0. The van der Waals surface area contributed by atoms with Gasteiger partial charge in [-0.15, -0.1) is 0 Å². The monoisotopic (exact) mass is 264 g/mol. The van der Waals surface area contributed by atoms with Crippen LogP contribution in [0.2, 0.25) is 0 Å². The van der Waals surface area contributed by atoms with E-state index in [1.807, 2.05) is 6.07 Å². The van der Waals surface area contributed by atoms with Crippen molar-refractivity contribution in [1.29, 1.82) is 0 Å². The van der Waals surface area contributed by atoms with Gasteiger partial charge in [0.05, 0.1) is 0 Å². The molecule has 0 amide bonds. The van der Waals surface area contributed by atoms with Crippen LogP contribution in [0.5, 0.6) is 0 Å². The zero-order valence-electron chi connectivity index (χ0n) is 9.64. The summed E-state index contributed by atoms with van der Waals surface area (Å²) in [5.74, 6) is 0.122. The molecule has 0 aliphatic heterocycles. The zero-order valence-corrected chi connectivity index (χ0v) is 10.5. The first-order chi connectivity index (χ1) is 8.50. The molecule has 94 valence electrons. The zero-order chi connectivity index (χ0) is 13.3. The van der Waals surface area contributed by atoms with E-state index >= 15 is 0 Å². The minimum Gasteiger partial charge on any atom is -0.398 e. The lowest BCUT2D eigenvalue weighted by atomic mass is 10.3. The number of benzene rings is 1. The van der Waals surface area contributed by atoms with Gasteiger partial charge < -0.3 is 11.5 Å². The van der Waals surface area contributed by atoms with Gasteiger partial charge in [-0.05, 0) is 12.1 Å². The lowest BCUT2D eigenvalue weighted by Crippen LogP contribution is -2.31. The summed E-state index contributed by atoms with van der Waals surface area (Å²) < 4.78 is 1.18. The fourth-order valence-electron chi connectivity index (χ4n) is 1.40. The van der Waals surface area contributed by atoms with Gasteiger partial charge in [0.2, 0.25) is 0 Å². The molecule has 0 atom stereocenters. The average Bonchev–Trinajstić information content (AvgIpc) is 2.34. The van der Waals surface area contributed by atoms with E-state index < -0.39 is 11.2 Å². The van der Waals surface area contributed by atoms with Gasteiger partial charge in [0.1, 0.15) is 10.7 Å². The Kier molecular flexibility index (Phi) is 3.15. The molecule has 1 aromatic heterocycles. The molecule has 18 heavy (non-hydrogen) atoms. The third-order valence-electron chi connectivity index (χ3n) is 2.46. The van der Waals surface area contributed by atoms with Crippen LogP contribution in [0.15, 0.2) is 43.6 Å². The highest BCUT2D eigenvalue weighted by Gasteiger charge is 2.12. The SMILES string of the molecule is Cn1c(N)c(Sc2ccccc2N)c(=O)[nH]c1=O. The second-order valence-electron chi connectivity index (χ2n) is 3.67. The molecule has 0 saturated heterocycles. The van der Waals surface area contributed by atoms with Gasteiger partial charge >= 0.3 is 5.69 Å². The van der Waals surface area contributed by atoms with Crippen molar-refractivity contribution >= 4 is 23.3 Å². The molecule has 2 rings (SSSR count). The number of aromatic nitrogens is 2. The maximum Gasteiger partial charge on any atom is 0.329 e. The van der Waals surface area contributed by atoms with E-state index in [0.29, 0.717) is 10.6 Å². The van der Waals surface area contributed by atoms with Crippen molar-refractivity contribution in [3.05, 3.63) is 45.1 Å². The first-order valence-electron chi connectivity index (χ1n) is 5.12. The summed E-state index contributed by atoms with van der Waals surface area (Å²) >= 11 is 1.14. The Labute approximate surface area is 107 Å². The van der Waals surface area contributed by atoms with Crippen LogP contribution in [0.25, 0.3) is 0 Å². The highest BCUT2D eigenvalue weighted by Crippen LogP contribution is 2.31. The standard InChI is InChI=1S/C11H12N4O2S/c1-15-9(13)8(10(16)14-11(15)17)18-7-5-3-2-4-6(7)12/h2-5H,12-13H2,1H3,(H,14,16,17). The molecular formula is C11H12N4O2S. The number of para-hydroxylation sites is 1. The van der Waals surface area contributed by atoms with E-state index in [-0.39, 0.29) is 10.7 Å². The summed E-state index contributed by atoms with van der Waals surface area (Å²) in [4.78, 5) is 26.2. The second kappa shape index (κ2) is 4.61. The van der Waals surface area contributed by atoms with Crippen molar-refractivity contribution in [1.82, 2.24) is 9.55 Å². The van der Waals surface area contributed by atoms with Crippen molar-refractivity contribution in [2.75, 3.05) is 11.5 Å². The number of hydrogen-bond acceptors (Lipinski definition) is 5. The number of nitrogen functional groups attached to an aromatic ring is 2. The van der Waals surface area contributed by atoms with Gasteiger partial charge in [0.15, 0.2) is 0 Å². The summed E-state index contributed by atoms with van der Waals surface area (Å²) in [6.45, 7) is 0. The molecule has 0 aliphatic carbocycles. The first-order valence-corrected chi connectivity index (χ1v) is 5.93. The molecule has 0 radical (unpaired) electrons. The minimum atomic E-state index is -0.539. The minimum absolute atomic E-state index is 0.122. The Hall–Kier alpha value is -2.15. The van der Waals surface area contributed by atoms with Crippen molar-refractivity contribution in [3.8, 4) is 0 Å². The molecule has 0 spiro atoms. The van der Waals surface area contributed by atoms with Gasteiger partial charge in [0.25, 0.3) is 5.56 Å². The third-order valence-corrected chi connectivity index (χ3v) is 3.65. The predicted molar refractivity (Wildman–Crippen MR) is 71.7 cm³/mol. The van der Waals surface area contributed by atoms with Gasteiger partial charge in [-0.2, -0.15) is 0 Å². The van der Waals surface area contributed by atoms with Gasteiger partial charge in [-0.3, -0.25) is 14.3 Å². The Morgan fingerprint density at radius 2 is 1.89 bits per heavy atom. The van der Waals surface area contributed by atoms with Crippen LogP contribution in [0, 0.1) is 0 Å². The Balaban J connectivity index is 2.55. The lowest BCUT2D eigenvalue weighted by Gasteiger charge is -2.09.